The van der Waals surface area contributed by atoms with Gasteiger partial charge < -0.3 is 19.9 Å². The molecule has 0 bridgehead atoms. The van der Waals surface area contributed by atoms with E-state index in [-0.39, 0.29) is 23.8 Å². The summed E-state index contributed by atoms with van der Waals surface area (Å²) in [6, 6.07) is 5.92. The van der Waals surface area contributed by atoms with Crippen molar-refractivity contribution in [3.05, 3.63) is 59.2 Å². The van der Waals surface area contributed by atoms with Gasteiger partial charge in [0.15, 0.2) is 0 Å². The minimum absolute atomic E-state index is 0.00831. The Balaban J connectivity index is 0.000000873. The predicted molar refractivity (Wildman–Crippen MR) is 179 cm³/mol. The maximum Gasteiger partial charge on any atom is 0.253 e. The minimum Gasteiger partial charge on any atom is -0.486 e. The standard InChI is InChI=1S/C28H36N2O3.C4H11N.2C2H6/c1-4-23-19-25(20-10-9-11-21(13-12-20)27(31)29(5-2)6-3)24-15-14-22(18-26(24)33-23)28(32)30-16-7-8-17-30;1-3-4-5-2;2*1-2/h11-15,18-20,23H,4-10,16-17H2,1-3H3;5H,3-4H2,1-2H3;2*1-2H3. The Bertz CT molecular complexity index is 1030. The van der Waals surface area contributed by atoms with E-state index in [1.54, 1.807) is 0 Å². The second-order valence-electron chi connectivity index (χ2n) is 10.2. The van der Waals surface area contributed by atoms with Crippen molar-refractivity contribution in [2.24, 2.45) is 5.92 Å². The summed E-state index contributed by atoms with van der Waals surface area (Å²) < 4.78 is 6.26. The Kier molecular flexibility index (Phi) is 18.5. The van der Waals surface area contributed by atoms with E-state index in [2.05, 4.69) is 37.4 Å². The maximum atomic E-state index is 12.9. The molecule has 1 fully saturated rings. The Labute approximate surface area is 257 Å². The lowest BCUT2D eigenvalue weighted by molar-refractivity contribution is -0.126. The fourth-order valence-corrected chi connectivity index (χ4v) is 5.27. The first-order valence-corrected chi connectivity index (χ1v) is 16.6. The third-order valence-electron chi connectivity index (χ3n) is 7.53. The second-order valence-corrected chi connectivity index (χ2v) is 10.2. The third-order valence-corrected chi connectivity index (χ3v) is 7.53. The van der Waals surface area contributed by atoms with E-state index in [1.807, 2.05) is 82.7 Å². The van der Waals surface area contributed by atoms with Crippen LogP contribution in [0.15, 0.2) is 48.1 Å². The zero-order valence-corrected chi connectivity index (χ0v) is 28.1. The molecular formula is C36H59N3O3. The topological polar surface area (TPSA) is 61.9 Å². The zero-order valence-electron chi connectivity index (χ0n) is 28.1. The van der Waals surface area contributed by atoms with Gasteiger partial charge in [-0.25, -0.2) is 0 Å². The number of benzene rings is 1. The molecule has 1 saturated heterocycles. The van der Waals surface area contributed by atoms with E-state index in [4.69, 9.17) is 4.74 Å². The number of carbonyl (C=O) groups is 2. The van der Waals surface area contributed by atoms with Crippen LogP contribution in [0.5, 0.6) is 5.75 Å². The van der Waals surface area contributed by atoms with Gasteiger partial charge in [-0.05, 0) is 89.7 Å². The van der Waals surface area contributed by atoms with E-state index in [9.17, 15) is 9.59 Å². The van der Waals surface area contributed by atoms with E-state index in [0.717, 1.165) is 81.7 Å². The lowest BCUT2D eigenvalue weighted by Gasteiger charge is -2.29. The molecule has 6 nitrogen and oxygen atoms in total. The smallest absolute Gasteiger partial charge is 0.253 e. The van der Waals surface area contributed by atoms with Crippen LogP contribution in [-0.2, 0) is 4.79 Å². The molecule has 1 aromatic carbocycles. The molecule has 2 amide bonds. The highest BCUT2D eigenvalue weighted by molar-refractivity contribution is 5.97. The van der Waals surface area contributed by atoms with Gasteiger partial charge in [-0.3, -0.25) is 9.59 Å². The highest BCUT2D eigenvalue weighted by Crippen LogP contribution is 2.40. The number of carbonyl (C=O) groups excluding carboxylic acids is 2. The van der Waals surface area contributed by atoms with Gasteiger partial charge in [-0.2, -0.15) is 0 Å². The van der Waals surface area contributed by atoms with E-state index in [0.29, 0.717) is 5.56 Å². The molecule has 4 rings (SSSR count). The van der Waals surface area contributed by atoms with Crippen LogP contribution in [0.1, 0.15) is 110 Å². The van der Waals surface area contributed by atoms with Gasteiger partial charge in [0.1, 0.15) is 11.9 Å². The average molecular weight is 582 g/mol. The van der Waals surface area contributed by atoms with Gasteiger partial charge >= 0.3 is 0 Å². The van der Waals surface area contributed by atoms with E-state index < -0.39 is 0 Å². The first-order valence-electron chi connectivity index (χ1n) is 16.6. The lowest BCUT2D eigenvalue weighted by Crippen LogP contribution is -2.31. The number of likely N-dealkylation sites (tertiary alicyclic amines) is 1. The zero-order chi connectivity index (χ0) is 31.5. The lowest BCUT2D eigenvalue weighted by atomic mass is 9.85. The van der Waals surface area contributed by atoms with Crippen LogP contribution in [0.25, 0.3) is 5.57 Å². The molecular weight excluding hydrogens is 522 g/mol. The molecule has 0 spiro atoms. The average Bonchev–Trinajstić information content (AvgIpc) is 3.47. The number of nitrogens with zero attached hydrogens (tertiary/aromatic N) is 2. The number of nitrogens with one attached hydrogen (secondary N) is 1. The third kappa shape index (κ3) is 10.4. The molecule has 2 aliphatic heterocycles. The number of hydrogen-bond donors (Lipinski definition) is 1. The summed E-state index contributed by atoms with van der Waals surface area (Å²) in [6.07, 6.45) is 14.5. The van der Waals surface area contributed by atoms with Gasteiger partial charge in [-0.15, -0.1) is 0 Å². The molecule has 3 aliphatic rings. The quantitative estimate of drug-likeness (QED) is 0.339. The highest BCUT2D eigenvalue weighted by Gasteiger charge is 2.28. The summed E-state index contributed by atoms with van der Waals surface area (Å²) >= 11 is 0. The maximum absolute atomic E-state index is 12.9. The molecule has 2 heterocycles. The molecule has 236 valence electrons. The summed E-state index contributed by atoms with van der Waals surface area (Å²) in [5.41, 5.74) is 3.79. The van der Waals surface area contributed by atoms with Crippen LogP contribution < -0.4 is 10.1 Å². The van der Waals surface area contributed by atoms with Crippen LogP contribution in [0.4, 0.5) is 0 Å². The van der Waals surface area contributed by atoms with Crippen LogP contribution in [0.2, 0.25) is 0 Å². The van der Waals surface area contributed by atoms with Gasteiger partial charge in [0.2, 0.25) is 0 Å². The fourth-order valence-electron chi connectivity index (χ4n) is 5.27. The summed E-state index contributed by atoms with van der Waals surface area (Å²) in [7, 11) is 1.96. The SMILES string of the molecule is CC.CC.CCC1C=C(C2C=CC(C(=O)N(CC)CC)=CCC2)c2ccc(C(=O)N3CCCC3)cc2O1.CCCNC. The summed E-state index contributed by atoms with van der Waals surface area (Å²) in [5, 5.41) is 3.02. The molecule has 42 heavy (non-hydrogen) atoms. The predicted octanol–water partition coefficient (Wildman–Crippen LogP) is 7.91. The van der Waals surface area contributed by atoms with E-state index >= 15 is 0 Å². The van der Waals surface area contributed by atoms with Crippen molar-refractivity contribution in [3.63, 3.8) is 0 Å². The first-order chi connectivity index (χ1) is 20.5. The molecule has 1 aromatic rings. The van der Waals surface area contributed by atoms with Gasteiger partial charge in [0.05, 0.1) is 0 Å². The van der Waals surface area contributed by atoms with Crippen LogP contribution in [0.3, 0.4) is 0 Å². The molecule has 0 radical (unpaired) electrons. The van der Waals surface area contributed by atoms with Crippen molar-refractivity contribution in [3.8, 4) is 5.75 Å². The minimum atomic E-state index is -0.00831. The normalized spacial score (nSPS) is 18.6. The fraction of sp³-hybridized carbons (Fsp3) is 0.611. The Morgan fingerprint density at radius 3 is 2.24 bits per heavy atom. The Morgan fingerprint density at radius 1 is 1.02 bits per heavy atom. The number of amides is 2. The molecule has 6 heteroatoms. The summed E-state index contributed by atoms with van der Waals surface area (Å²) in [4.78, 5) is 29.6. The number of rotatable bonds is 8. The first kappa shape index (κ1) is 37.2. The molecule has 2 atom stereocenters. The van der Waals surface area contributed by atoms with Crippen LogP contribution >= 0.6 is 0 Å². The van der Waals surface area contributed by atoms with Gasteiger partial charge in [0, 0.05) is 48.8 Å². The highest BCUT2D eigenvalue weighted by atomic mass is 16.5. The Hall–Kier alpha value is -2.86. The van der Waals surface area contributed by atoms with Gasteiger partial charge in [-0.1, -0.05) is 65.8 Å². The molecule has 1 N–H and O–H groups in total. The van der Waals surface area contributed by atoms with Crippen molar-refractivity contribution in [2.45, 2.75) is 100 Å². The van der Waals surface area contributed by atoms with E-state index in [1.165, 1.54) is 12.0 Å². The van der Waals surface area contributed by atoms with Crippen molar-refractivity contribution in [1.29, 1.82) is 0 Å². The summed E-state index contributed by atoms with van der Waals surface area (Å²) in [5.74, 6) is 1.21. The molecule has 0 aromatic heterocycles. The number of likely N-dealkylation sites (N-methyl/N-ethyl adjacent to an activating group) is 1. The largest absolute Gasteiger partial charge is 0.486 e. The molecule has 2 unspecified atom stereocenters. The van der Waals surface area contributed by atoms with Crippen molar-refractivity contribution in [2.75, 3.05) is 39.8 Å². The monoisotopic (exact) mass is 581 g/mol. The Morgan fingerprint density at radius 2 is 1.69 bits per heavy atom. The second kappa shape index (κ2) is 20.9. The van der Waals surface area contributed by atoms with Gasteiger partial charge in [0.25, 0.3) is 11.8 Å². The van der Waals surface area contributed by atoms with Crippen molar-refractivity contribution in [1.82, 2.24) is 15.1 Å². The number of hydrogen-bond acceptors (Lipinski definition) is 4. The summed E-state index contributed by atoms with van der Waals surface area (Å²) in [6.45, 7) is 20.6. The molecule has 1 aliphatic carbocycles. The molecule has 0 saturated carbocycles. The van der Waals surface area contributed by atoms with Crippen LogP contribution in [-0.4, -0.2) is 67.5 Å². The van der Waals surface area contributed by atoms with Crippen molar-refractivity contribution < 1.29 is 14.3 Å². The number of ether oxygens (including phenoxy) is 1. The number of allylic oxidation sites excluding steroid dienone is 3. The van der Waals surface area contributed by atoms with Crippen LogP contribution in [0, 0.1) is 5.92 Å². The number of fused-ring (bicyclic) bond motifs is 1. The van der Waals surface area contributed by atoms with Crippen molar-refractivity contribution >= 4 is 17.4 Å².